The predicted molar refractivity (Wildman–Crippen MR) is 107 cm³/mol. The fourth-order valence-corrected chi connectivity index (χ4v) is 3.48. The van der Waals surface area contributed by atoms with Gasteiger partial charge >= 0.3 is 5.97 Å². The van der Waals surface area contributed by atoms with Crippen molar-refractivity contribution in [2.24, 2.45) is 0 Å². The molecule has 0 saturated heterocycles. The fourth-order valence-electron chi connectivity index (χ4n) is 3.48. The van der Waals surface area contributed by atoms with Gasteiger partial charge in [0.25, 0.3) is 0 Å². The van der Waals surface area contributed by atoms with Gasteiger partial charge in [0.2, 0.25) is 11.5 Å². The number of ketones is 2. The van der Waals surface area contributed by atoms with Gasteiger partial charge < -0.3 is 14.7 Å². The molecule has 0 bridgehead atoms. The summed E-state index contributed by atoms with van der Waals surface area (Å²) in [4.78, 5) is 39.7. The molecule has 2 aromatic rings. The van der Waals surface area contributed by atoms with Crippen molar-refractivity contribution in [3.8, 4) is 0 Å². The summed E-state index contributed by atoms with van der Waals surface area (Å²) in [6, 6.07) is 17.7. The molecular weight excluding hydrogens is 370 g/mol. The van der Waals surface area contributed by atoms with Crippen LogP contribution >= 0.6 is 0 Å². The number of ether oxygens (including phenoxy) is 1. The van der Waals surface area contributed by atoms with E-state index in [9.17, 15) is 19.5 Å². The number of allylic oxidation sites excluding steroid dienone is 1. The summed E-state index contributed by atoms with van der Waals surface area (Å²) in [6.07, 6.45) is -0.469. The van der Waals surface area contributed by atoms with Gasteiger partial charge in [-0.3, -0.25) is 9.59 Å². The Morgan fingerprint density at radius 3 is 2.21 bits per heavy atom. The molecule has 3 rings (SSSR count). The summed E-state index contributed by atoms with van der Waals surface area (Å²) in [7, 11) is 0. The summed E-state index contributed by atoms with van der Waals surface area (Å²) in [5.74, 6) is -2.00. The fraction of sp³-hybridized carbons (Fsp3) is 0.261. The molecule has 6 nitrogen and oxygen atoms in total. The van der Waals surface area contributed by atoms with Gasteiger partial charge in [0.15, 0.2) is 5.78 Å². The van der Waals surface area contributed by atoms with Crippen molar-refractivity contribution in [2.75, 3.05) is 6.61 Å². The number of carbonyl (C=O) groups is 3. The summed E-state index contributed by atoms with van der Waals surface area (Å²) < 4.78 is 5.01. The van der Waals surface area contributed by atoms with Crippen LogP contribution in [0.2, 0.25) is 0 Å². The van der Waals surface area contributed by atoms with E-state index in [4.69, 9.17) is 4.74 Å². The molecule has 1 N–H and O–H groups in total. The van der Waals surface area contributed by atoms with Crippen molar-refractivity contribution in [1.82, 2.24) is 4.90 Å². The normalized spacial score (nSPS) is 18.9. The highest BCUT2D eigenvalue weighted by Crippen LogP contribution is 2.37. The van der Waals surface area contributed by atoms with E-state index in [1.54, 1.807) is 44.2 Å². The monoisotopic (exact) mass is 393 g/mol. The Morgan fingerprint density at radius 1 is 1.03 bits per heavy atom. The Bertz CT molecular complexity index is 952. The molecule has 6 heteroatoms. The smallest absolute Gasteiger partial charge is 0.343 e. The zero-order chi connectivity index (χ0) is 21.0. The van der Waals surface area contributed by atoms with Crippen LogP contribution in [0.5, 0.6) is 0 Å². The number of aliphatic hydroxyl groups is 1. The highest BCUT2D eigenvalue weighted by Gasteiger charge is 2.53. The molecule has 0 aromatic heterocycles. The number of benzene rings is 2. The minimum atomic E-state index is -2.16. The number of esters is 1. The molecule has 0 aliphatic carbocycles. The predicted octanol–water partition coefficient (Wildman–Crippen LogP) is 2.87. The second-order valence-electron chi connectivity index (χ2n) is 6.86. The van der Waals surface area contributed by atoms with Gasteiger partial charge in [-0.25, -0.2) is 4.79 Å². The Kier molecular flexibility index (Phi) is 5.94. The van der Waals surface area contributed by atoms with Gasteiger partial charge in [0.05, 0.1) is 13.0 Å². The molecule has 1 aliphatic rings. The third-order valence-electron chi connectivity index (χ3n) is 4.97. The van der Waals surface area contributed by atoms with Crippen LogP contribution < -0.4 is 0 Å². The zero-order valence-corrected chi connectivity index (χ0v) is 16.4. The summed E-state index contributed by atoms with van der Waals surface area (Å²) in [6.45, 7) is 3.49. The van der Waals surface area contributed by atoms with E-state index in [1.807, 2.05) is 30.3 Å². The summed E-state index contributed by atoms with van der Waals surface area (Å²) in [5, 5.41) is 11.4. The number of hydrogen-bond acceptors (Lipinski definition) is 6. The first-order valence-corrected chi connectivity index (χ1v) is 9.43. The molecule has 1 heterocycles. The molecular formula is C23H23NO5. The van der Waals surface area contributed by atoms with Crippen LogP contribution in [-0.2, 0) is 20.9 Å². The molecule has 0 radical (unpaired) electrons. The molecule has 1 unspecified atom stereocenters. The third kappa shape index (κ3) is 3.98. The van der Waals surface area contributed by atoms with Crippen LogP contribution in [0.4, 0.5) is 0 Å². The van der Waals surface area contributed by atoms with E-state index in [0.717, 1.165) is 5.56 Å². The van der Waals surface area contributed by atoms with Crippen LogP contribution in [0.1, 0.15) is 36.2 Å². The minimum absolute atomic E-state index is 0.100. The average Bonchev–Trinajstić information content (AvgIpc) is 2.90. The van der Waals surface area contributed by atoms with Gasteiger partial charge in [-0.2, -0.15) is 0 Å². The largest absolute Gasteiger partial charge is 0.462 e. The molecule has 0 amide bonds. The Balaban J connectivity index is 1.99. The van der Waals surface area contributed by atoms with Crippen LogP contribution in [0, 0.1) is 0 Å². The molecule has 0 saturated carbocycles. The Morgan fingerprint density at radius 2 is 1.62 bits per heavy atom. The highest BCUT2D eigenvalue weighted by molar-refractivity contribution is 6.23. The first-order valence-electron chi connectivity index (χ1n) is 9.43. The molecule has 0 fully saturated rings. The lowest BCUT2D eigenvalue weighted by Crippen LogP contribution is -2.50. The van der Waals surface area contributed by atoms with E-state index in [2.05, 4.69) is 0 Å². The van der Waals surface area contributed by atoms with Crippen molar-refractivity contribution in [3.63, 3.8) is 0 Å². The SMILES string of the molecule is CCOC(=O)C1=C(C)N(Cc2ccccc2)C(O)(CC(=O)c2ccccc2)C1=O. The standard InChI is InChI=1S/C23H23NO5/c1-3-29-22(27)20-16(2)24(15-17-10-6-4-7-11-17)23(28,21(20)26)14-19(25)18-12-8-5-9-13-18/h4-13,28H,3,14-15H2,1-2H3. The van der Waals surface area contributed by atoms with Crippen molar-refractivity contribution in [2.45, 2.75) is 32.5 Å². The maximum Gasteiger partial charge on any atom is 0.343 e. The molecule has 2 aromatic carbocycles. The number of Topliss-reactive ketones (excluding diaryl/α,β-unsaturated/α-hetero) is 2. The van der Waals surface area contributed by atoms with Crippen molar-refractivity contribution in [1.29, 1.82) is 0 Å². The minimum Gasteiger partial charge on any atom is -0.462 e. The van der Waals surface area contributed by atoms with Gasteiger partial charge in [-0.15, -0.1) is 0 Å². The molecule has 29 heavy (non-hydrogen) atoms. The van der Waals surface area contributed by atoms with E-state index in [-0.39, 0.29) is 18.7 Å². The van der Waals surface area contributed by atoms with Gasteiger partial charge in [0, 0.05) is 17.8 Å². The van der Waals surface area contributed by atoms with Crippen molar-refractivity contribution >= 4 is 17.5 Å². The quantitative estimate of drug-likeness (QED) is 0.442. The van der Waals surface area contributed by atoms with Crippen LogP contribution in [0.15, 0.2) is 71.9 Å². The van der Waals surface area contributed by atoms with Crippen LogP contribution in [0.25, 0.3) is 0 Å². The van der Waals surface area contributed by atoms with Crippen molar-refractivity contribution < 1.29 is 24.2 Å². The molecule has 1 aliphatic heterocycles. The highest BCUT2D eigenvalue weighted by atomic mass is 16.5. The first-order chi connectivity index (χ1) is 13.9. The van der Waals surface area contributed by atoms with Gasteiger partial charge in [-0.1, -0.05) is 60.7 Å². The lowest BCUT2D eigenvalue weighted by atomic mass is 9.95. The Hall–Kier alpha value is -3.25. The second-order valence-corrected chi connectivity index (χ2v) is 6.86. The van der Waals surface area contributed by atoms with Gasteiger partial charge in [-0.05, 0) is 19.4 Å². The van der Waals surface area contributed by atoms with E-state index in [1.165, 1.54) is 4.90 Å². The Labute approximate surface area is 169 Å². The lowest BCUT2D eigenvalue weighted by molar-refractivity contribution is -0.151. The number of carbonyl (C=O) groups excluding carboxylic acids is 3. The lowest BCUT2D eigenvalue weighted by Gasteiger charge is -2.35. The van der Waals surface area contributed by atoms with Crippen LogP contribution in [-0.4, -0.2) is 39.9 Å². The van der Waals surface area contributed by atoms with E-state index >= 15 is 0 Å². The van der Waals surface area contributed by atoms with E-state index < -0.39 is 29.7 Å². The van der Waals surface area contributed by atoms with Gasteiger partial charge in [0.1, 0.15) is 5.57 Å². The third-order valence-corrected chi connectivity index (χ3v) is 4.97. The average molecular weight is 393 g/mol. The van der Waals surface area contributed by atoms with Crippen molar-refractivity contribution in [3.05, 3.63) is 83.1 Å². The van der Waals surface area contributed by atoms with Crippen LogP contribution in [0.3, 0.4) is 0 Å². The maximum absolute atomic E-state index is 13.1. The topological polar surface area (TPSA) is 83.9 Å². The second kappa shape index (κ2) is 8.41. The first kappa shape index (κ1) is 20.5. The molecule has 0 spiro atoms. The number of nitrogens with zero attached hydrogens (tertiary/aromatic N) is 1. The summed E-state index contributed by atoms with van der Waals surface area (Å²) in [5.41, 5.74) is -0.868. The number of hydrogen-bond donors (Lipinski definition) is 1. The molecule has 1 atom stereocenters. The maximum atomic E-state index is 13.1. The zero-order valence-electron chi connectivity index (χ0n) is 16.4. The molecule has 150 valence electrons. The summed E-state index contributed by atoms with van der Waals surface area (Å²) >= 11 is 0. The van der Waals surface area contributed by atoms with E-state index in [0.29, 0.717) is 11.3 Å². The number of rotatable bonds is 7.